The minimum Gasteiger partial charge on any atom is -0.478 e. The minimum absolute atomic E-state index is 0.192. The fraction of sp³-hybridized carbons (Fsp3) is 0.0588. The van der Waals surface area contributed by atoms with Gasteiger partial charge in [-0.1, -0.05) is 24.3 Å². The molecule has 0 bridgehead atoms. The van der Waals surface area contributed by atoms with Gasteiger partial charge in [0.2, 0.25) is 0 Å². The number of rotatable bonds is 5. The van der Waals surface area contributed by atoms with E-state index in [0.29, 0.717) is 0 Å². The first kappa shape index (κ1) is 15.4. The lowest BCUT2D eigenvalue weighted by Crippen LogP contribution is -2.13. The van der Waals surface area contributed by atoms with Gasteiger partial charge in [-0.15, -0.1) is 0 Å². The van der Waals surface area contributed by atoms with Crippen molar-refractivity contribution in [2.24, 2.45) is 0 Å². The van der Waals surface area contributed by atoms with Crippen molar-refractivity contribution in [1.29, 1.82) is 0 Å². The molecule has 120 valence electrons. The molecule has 3 aromatic rings. The topological polar surface area (TPSA) is 105 Å². The zero-order valence-electron chi connectivity index (χ0n) is 12.4. The van der Waals surface area contributed by atoms with Crippen molar-refractivity contribution in [3.8, 4) is 0 Å². The van der Waals surface area contributed by atoms with Crippen LogP contribution in [0.15, 0.2) is 61.2 Å². The number of nitrogens with zero attached hydrogens (tertiary/aromatic N) is 3. The average Bonchev–Trinajstić information content (AvgIpc) is 3.10. The van der Waals surface area contributed by atoms with Gasteiger partial charge in [-0.25, -0.2) is 19.3 Å². The number of carbonyl (C=O) groups is 2. The number of carboxylic acid groups (broad SMARTS) is 2. The zero-order chi connectivity index (χ0) is 17.1. The van der Waals surface area contributed by atoms with Crippen molar-refractivity contribution >= 4 is 11.9 Å². The fourth-order valence-corrected chi connectivity index (χ4v) is 2.46. The van der Waals surface area contributed by atoms with Crippen molar-refractivity contribution < 1.29 is 19.8 Å². The number of benzene rings is 2. The van der Waals surface area contributed by atoms with E-state index in [0.717, 1.165) is 11.1 Å². The Kier molecular flexibility index (Phi) is 4.07. The van der Waals surface area contributed by atoms with Crippen LogP contribution < -0.4 is 0 Å². The second kappa shape index (κ2) is 6.33. The lowest BCUT2D eigenvalue weighted by molar-refractivity contribution is 0.0686. The lowest BCUT2D eigenvalue weighted by atomic mass is 9.97. The predicted octanol–water partition coefficient (Wildman–Crippen LogP) is 2.31. The molecule has 0 aliphatic carbocycles. The van der Waals surface area contributed by atoms with E-state index in [1.165, 1.54) is 30.6 Å². The molecule has 3 rings (SSSR count). The molecule has 2 aromatic carbocycles. The third kappa shape index (κ3) is 3.00. The molecule has 1 heterocycles. The number of aromatic carboxylic acids is 2. The maximum absolute atomic E-state index is 11.0. The maximum Gasteiger partial charge on any atom is 0.335 e. The molecule has 7 nitrogen and oxygen atoms in total. The molecule has 0 fully saturated rings. The highest BCUT2D eigenvalue weighted by molar-refractivity contribution is 5.88. The Morgan fingerprint density at radius 2 is 1.29 bits per heavy atom. The molecule has 0 radical (unpaired) electrons. The summed E-state index contributed by atoms with van der Waals surface area (Å²) in [4.78, 5) is 25.9. The van der Waals surface area contributed by atoms with Crippen molar-refractivity contribution in [1.82, 2.24) is 14.8 Å². The standard InChI is InChI=1S/C17H13N3O4/c21-16(22)13-5-1-11(2-6-13)15(20-10-18-9-19-20)12-3-7-14(8-4-12)17(23)24/h1-10,15H,(H,21,22)(H,23,24). The molecule has 0 unspecified atom stereocenters. The van der Waals surface area contributed by atoms with Crippen LogP contribution in [0.4, 0.5) is 0 Å². The first-order valence-corrected chi connectivity index (χ1v) is 7.07. The highest BCUT2D eigenvalue weighted by Gasteiger charge is 2.18. The van der Waals surface area contributed by atoms with Gasteiger partial charge >= 0.3 is 11.9 Å². The molecule has 0 saturated carbocycles. The summed E-state index contributed by atoms with van der Waals surface area (Å²) < 4.78 is 1.63. The van der Waals surface area contributed by atoms with E-state index >= 15 is 0 Å². The summed E-state index contributed by atoms with van der Waals surface area (Å²) in [6, 6.07) is 12.6. The van der Waals surface area contributed by atoms with Crippen molar-refractivity contribution in [3.63, 3.8) is 0 Å². The average molecular weight is 323 g/mol. The molecule has 24 heavy (non-hydrogen) atoms. The maximum atomic E-state index is 11.0. The van der Waals surface area contributed by atoms with Gasteiger partial charge in [-0.05, 0) is 35.4 Å². The van der Waals surface area contributed by atoms with E-state index in [1.54, 1.807) is 35.3 Å². The molecule has 0 amide bonds. The van der Waals surface area contributed by atoms with Crippen LogP contribution in [0.25, 0.3) is 0 Å². The predicted molar refractivity (Wildman–Crippen MR) is 84.1 cm³/mol. The van der Waals surface area contributed by atoms with E-state index in [9.17, 15) is 9.59 Å². The monoisotopic (exact) mass is 323 g/mol. The Morgan fingerprint density at radius 3 is 1.62 bits per heavy atom. The van der Waals surface area contributed by atoms with Gasteiger partial charge in [-0.2, -0.15) is 5.10 Å². The third-order valence-electron chi connectivity index (χ3n) is 3.65. The van der Waals surface area contributed by atoms with Crippen molar-refractivity contribution in [2.75, 3.05) is 0 Å². The van der Waals surface area contributed by atoms with E-state index in [1.807, 2.05) is 0 Å². The molecule has 0 aliphatic rings. The first-order chi connectivity index (χ1) is 11.6. The highest BCUT2D eigenvalue weighted by atomic mass is 16.4. The molecule has 1 aromatic heterocycles. The summed E-state index contributed by atoms with van der Waals surface area (Å²) >= 11 is 0. The summed E-state index contributed by atoms with van der Waals surface area (Å²) in [5.74, 6) is -1.99. The van der Waals surface area contributed by atoms with E-state index in [-0.39, 0.29) is 17.2 Å². The van der Waals surface area contributed by atoms with Crippen LogP contribution in [0, 0.1) is 0 Å². The van der Waals surface area contributed by atoms with Crippen LogP contribution >= 0.6 is 0 Å². The molecule has 0 aliphatic heterocycles. The largest absolute Gasteiger partial charge is 0.478 e. The quantitative estimate of drug-likeness (QED) is 0.746. The molecule has 0 atom stereocenters. The van der Waals surface area contributed by atoms with E-state index in [2.05, 4.69) is 10.1 Å². The van der Waals surface area contributed by atoms with Gasteiger partial charge < -0.3 is 10.2 Å². The van der Waals surface area contributed by atoms with Crippen LogP contribution in [0.3, 0.4) is 0 Å². The van der Waals surface area contributed by atoms with Crippen molar-refractivity contribution in [3.05, 3.63) is 83.4 Å². The summed E-state index contributed by atoms with van der Waals surface area (Å²) in [6.07, 6.45) is 2.96. The van der Waals surface area contributed by atoms with Gasteiger partial charge in [-0.3, -0.25) is 0 Å². The SMILES string of the molecule is O=C(O)c1ccc(C(c2ccc(C(=O)O)cc2)n2cncn2)cc1. The second-order valence-corrected chi connectivity index (χ2v) is 5.13. The number of hydrogen-bond donors (Lipinski definition) is 2. The summed E-state index contributed by atoms with van der Waals surface area (Å²) in [5, 5.41) is 22.2. The van der Waals surface area contributed by atoms with Gasteiger partial charge in [0.1, 0.15) is 18.7 Å². The van der Waals surface area contributed by atoms with E-state index in [4.69, 9.17) is 10.2 Å². The van der Waals surface area contributed by atoms with Crippen LogP contribution in [0.5, 0.6) is 0 Å². The Bertz CT molecular complexity index is 798. The zero-order valence-corrected chi connectivity index (χ0v) is 12.4. The van der Waals surface area contributed by atoms with Gasteiger partial charge in [0, 0.05) is 0 Å². The Hall–Kier alpha value is -3.48. The lowest BCUT2D eigenvalue weighted by Gasteiger charge is -2.18. The number of hydrogen-bond acceptors (Lipinski definition) is 4. The second-order valence-electron chi connectivity index (χ2n) is 5.13. The molecule has 0 spiro atoms. The normalized spacial score (nSPS) is 10.7. The molecular weight excluding hydrogens is 310 g/mol. The Labute approximate surface area is 136 Å². The van der Waals surface area contributed by atoms with Crippen LogP contribution in [-0.2, 0) is 0 Å². The number of carboxylic acids is 2. The first-order valence-electron chi connectivity index (χ1n) is 7.07. The highest BCUT2D eigenvalue weighted by Crippen LogP contribution is 2.26. The summed E-state index contributed by atoms with van der Waals surface area (Å²) in [5.41, 5.74) is 2.01. The summed E-state index contributed by atoms with van der Waals surface area (Å²) in [6.45, 7) is 0. The summed E-state index contributed by atoms with van der Waals surface area (Å²) in [7, 11) is 0. The van der Waals surface area contributed by atoms with Gasteiger partial charge in [0.25, 0.3) is 0 Å². The van der Waals surface area contributed by atoms with Crippen LogP contribution in [0.2, 0.25) is 0 Å². The fourth-order valence-electron chi connectivity index (χ4n) is 2.46. The Balaban J connectivity index is 2.04. The third-order valence-corrected chi connectivity index (χ3v) is 3.65. The van der Waals surface area contributed by atoms with Crippen LogP contribution in [0.1, 0.15) is 37.9 Å². The van der Waals surface area contributed by atoms with Gasteiger partial charge in [0.05, 0.1) is 11.1 Å². The molecular formula is C17H13N3O4. The Morgan fingerprint density at radius 1 is 0.833 bits per heavy atom. The smallest absolute Gasteiger partial charge is 0.335 e. The molecule has 2 N–H and O–H groups in total. The minimum atomic E-state index is -0.996. The van der Waals surface area contributed by atoms with Crippen LogP contribution in [-0.4, -0.2) is 36.9 Å². The van der Waals surface area contributed by atoms with Gasteiger partial charge in [0.15, 0.2) is 0 Å². The van der Waals surface area contributed by atoms with E-state index < -0.39 is 11.9 Å². The molecule has 0 saturated heterocycles. The number of aromatic nitrogens is 3. The van der Waals surface area contributed by atoms with Crippen molar-refractivity contribution in [2.45, 2.75) is 6.04 Å². The molecule has 7 heteroatoms.